The number of halogens is 1. The fourth-order valence-electron chi connectivity index (χ4n) is 3.49. The summed E-state index contributed by atoms with van der Waals surface area (Å²) in [6.07, 6.45) is 2.40. The monoisotopic (exact) mass is 451 g/mol. The lowest BCUT2D eigenvalue weighted by atomic mass is 9.99. The maximum atomic E-state index is 13.0. The van der Waals surface area contributed by atoms with Crippen LogP contribution in [0.2, 0.25) is 0 Å². The molecule has 3 aromatic rings. The third-order valence-corrected chi connectivity index (χ3v) is 5.57. The van der Waals surface area contributed by atoms with Crippen molar-refractivity contribution in [2.75, 3.05) is 13.1 Å². The molecule has 0 radical (unpaired) electrons. The number of nitrogens with zero attached hydrogens (tertiary/aromatic N) is 2. The molecule has 29 heavy (non-hydrogen) atoms. The van der Waals surface area contributed by atoms with Gasteiger partial charge in [0.2, 0.25) is 5.88 Å². The highest BCUT2D eigenvalue weighted by Gasteiger charge is 2.30. The van der Waals surface area contributed by atoms with E-state index in [-0.39, 0.29) is 18.2 Å². The number of nitrogens with one attached hydrogen (secondary N) is 1. The number of aromatic nitrogens is 1. The maximum Gasteiger partial charge on any atom is 0.318 e. The molecule has 0 aliphatic carbocycles. The second kappa shape index (κ2) is 9.09. The zero-order chi connectivity index (χ0) is 20.1. The molecule has 0 bridgehead atoms. The van der Waals surface area contributed by atoms with Crippen molar-refractivity contribution >= 4 is 22.0 Å². The van der Waals surface area contributed by atoms with Crippen molar-refractivity contribution in [1.82, 2.24) is 15.2 Å². The number of amides is 2. The molecule has 0 spiro atoms. The van der Waals surface area contributed by atoms with Gasteiger partial charge in [0.05, 0.1) is 17.1 Å². The van der Waals surface area contributed by atoms with Gasteiger partial charge in [0.15, 0.2) is 0 Å². The van der Waals surface area contributed by atoms with Gasteiger partial charge in [-0.05, 0) is 39.2 Å². The van der Waals surface area contributed by atoms with Crippen LogP contribution in [0, 0.1) is 0 Å². The van der Waals surface area contributed by atoms with Crippen molar-refractivity contribution in [1.29, 1.82) is 0 Å². The van der Waals surface area contributed by atoms with Crippen LogP contribution < -0.4 is 10.1 Å². The highest BCUT2D eigenvalue weighted by atomic mass is 79.9. The van der Waals surface area contributed by atoms with Gasteiger partial charge in [-0.2, -0.15) is 0 Å². The topological polar surface area (TPSA) is 54.5 Å². The molecule has 1 aliphatic rings. The summed E-state index contributed by atoms with van der Waals surface area (Å²) in [5.74, 6) is 0.561. The molecule has 5 nitrogen and oxygen atoms in total. The number of rotatable bonds is 5. The molecule has 1 aliphatic heterocycles. The Balaban J connectivity index is 1.44. The summed E-state index contributed by atoms with van der Waals surface area (Å²) in [6, 6.07) is 23.5. The van der Waals surface area contributed by atoms with Crippen LogP contribution in [0.15, 0.2) is 83.5 Å². The fraction of sp³-hybridized carbons (Fsp3) is 0.217. The van der Waals surface area contributed by atoms with Gasteiger partial charge < -0.3 is 15.0 Å². The van der Waals surface area contributed by atoms with Crippen molar-refractivity contribution < 1.29 is 9.53 Å². The fourth-order valence-corrected chi connectivity index (χ4v) is 3.84. The van der Waals surface area contributed by atoms with Crippen LogP contribution in [0.25, 0.3) is 0 Å². The van der Waals surface area contributed by atoms with E-state index in [2.05, 4.69) is 26.2 Å². The lowest BCUT2D eigenvalue weighted by molar-refractivity contribution is 0.181. The molecule has 1 fully saturated rings. The van der Waals surface area contributed by atoms with Crippen molar-refractivity contribution in [3.05, 3.63) is 94.6 Å². The number of likely N-dealkylation sites (tertiary alicyclic amines) is 1. The highest BCUT2D eigenvalue weighted by Crippen LogP contribution is 2.26. The van der Waals surface area contributed by atoms with Crippen LogP contribution >= 0.6 is 15.9 Å². The molecule has 1 unspecified atom stereocenters. The van der Waals surface area contributed by atoms with Crippen LogP contribution in [0.3, 0.4) is 0 Å². The average molecular weight is 452 g/mol. The van der Waals surface area contributed by atoms with E-state index in [1.807, 2.05) is 72.8 Å². The summed E-state index contributed by atoms with van der Waals surface area (Å²) in [6.45, 7) is 1.18. The minimum absolute atomic E-state index is 0.0705. The number of hydrogen-bond acceptors (Lipinski definition) is 3. The molecule has 0 saturated carbocycles. The predicted molar refractivity (Wildman–Crippen MR) is 116 cm³/mol. The molecule has 1 saturated heterocycles. The SMILES string of the molecule is O=C(NC(c1ccccc1)c1ccccc1)N1CCC(Oc2ncccc2Br)C1. The molecule has 2 aromatic carbocycles. The lowest BCUT2D eigenvalue weighted by Crippen LogP contribution is -2.41. The normalized spacial score (nSPS) is 16.1. The summed E-state index contributed by atoms with van der Waals surface area (Å²) in [7, 11) is 0. The molecule has 148 valence electrons. The Bertz CT molecular complexity index is 913. The van der Waals surface area contributed by atoms with Gasteiger partial charge in [0.1, 0.15) is 6.10 Å². The van der Waals surface area contributed by atoms with Crippen molar-refractivity contribution in [2.24, 2.45) is 0 Å². The Labute approximate surface area is 178 Å². The maximum absolute atomic E-state index is 13.0. The largest absolute Gasteiger partial charge is 0.472 e. The first-order valence-corrected chi connectivity index (χ1v) is 10.4. The summed E-state index contributed by atoms with van der Waals surface area (Å²) in [4.78, 5) is 19.1. The van der Waals surface area contributed by atoms with E-state index in [0.717, 1.165) is 22.0 Å². The summed E-state index contributed by atoms with van der Waals surface area (Å²) in [5.41, 5.74) is 2.10. The number of carbonyl (C=O) groups excluding carboxylic acids is 1. The Hall–Kier alpha value is -2.86. The molecule has 1 N–H and O–H groups in total. The third-order valence-electron chi connectivity index (χ3n) is 4.97. The van der Waals surface area contributed by atoms with E-state index in [0.29, 0.717) is 19.0 Å². The first kappa shape index (κ1) is 19.5. The number of urea groups is 1. The smallest absolute Gasteiger partial charge is 0.318 e. The Kier molecular flexibility index (Phi) is 6.10. The van der Waals surface area contributed by atoms with Crippen molar-refractivity contribution in [3.63, 3.8) is 0 Å². The van der Waals surface area contributed by atoms with Crippen LogP contribution in [0.1, 0.15) is 23.6 Å². The van der Waals surface area contributed by atoms with Gasteiger partial charge in [-0.1, -0.05) is 60.7 Å². The molecule has 2 amide bonds. The first-order chi connectivity index (χ1) is 14.2. The number of ether oxygens (including phenoxy) is 1. The van der Waals surface area contributed by atoms with Crippen LogP contribution in [0.4, 0.5) is 4.79 Å². The van der Waals surface area contributed by atoms with Gasteiger partial charge in [0.25, 0.3) is 0 Å². The van der Waals surface area contributed by atoms with Gasteiger partial charge in [-0.15, -0.1) is 0 Å². The number of hydrogen-bond donors (Lipinski definition) is 1. The first-order valence-electron chi connectivity index (χ1n) is 9.63. The van der Waals surface area contributed by atoms with Crippen LogP contribution in [0.5, 0.6) is 5.88 Å². The summed E-state index contributed by atoms with van der Waals surface area (Å²) >= 11 is 3.45. The van der Waals surface area contributed by atoms with Gasteiger partial charge in [-0.3, -0.25) is 0 Å². The zero-order valence-electron chi connectivity index (χ0n) is 15.9. The minimum Gasteiger partial charge on any atom is -0.472 e. The average Bonchev–Trinajstić information content (AvgIpc) is 3.23. The number of benzene rings is 2. The van der Waals surface area contributed by atoms with E-state index >= 15 is 0 Å². The molecular weight excluding hydrogens is 430 g/mol. The summed E-state index contributed by atoms with van der Waals surface area (Å²) < 4.78 is 6.80. The molecule has 1 atom stereocenters. The number of pyridine rings is 1. The Morgan fingerprint density at radius 2 is 1.69 bits per heavy atom. The highest BCUT2D eigenvalue weighted by molar-refractivity contribution is 9.10. The quantitative estimate of drug-likeness (QED) is 0.606. The van der Waals surface area contributed by atoms with Crippen LogP contribution in [-0.2, 0) is 0 Å². The van der Waals surface area contributed by atoms with E-state index < -0.39 is 0 Å². The second-order valence-electron chi connectivity index (χ2n) is 6.97. The minimum atomic E-state index is -0.199. The Morgan fingerprint density at radius 3 is 2.31 bits per heavy atom. The molecule has 1 aromatic heterocycles. The molecular formula is C23H22BrN3O2. The third kappa shape index (κ3) is 4.77. The number of carbonyl (C=O) groups is 1. The Morgan fingerprint density at radius 1 is 1.03 bits per heavy atom. The molecule has 2 heterocycles. The lowest BCUT2D eigenvalue weighted by Gasteiger charge is -2.24. The van der Waals surface area contributed by atoms with Crippen LogP contribution in [-0.4, -0.2) is 35.1 Å². The summed E-state index contributed by atoms with van der Waals surface area (Å²) in [5, 5.41) is 3.19. The van der Waals surface area contributed by atoms with Crippen molar-refractivity contribution in [3.8, 4) is 5.88 Å². The van der Waals surface area contributed by atoms with E-state index in [9.17, 15) is 4.79 Å². The zero-order valence-corrected chi connectivity index (χ0v) is 17.5. The predicted octanol–water partition coefficient (Wildman–Crippen LogP) is 4.80. The van der Waals surface area contributed by atoms with E-state index in [4.69, 9.17) is 4.74 Å². The van der Waals surface area contributed by atoms with Gasteiger partial charge in [-0.25, -0.2) is 9.78 Å². The van der Waals surface area contributed by atoms with Crippen molar-refractivity contribution in [2.45, 2.75) is 18.6 Å². The molecule has 4 rings (SSSR count). The van der Waals surface area contributed by atoms with E-state index in [1.54, 1.807) is 11.1 Å². The second-order valence-corrected chi connectivity index (χ2v) is 7.82. The van der Waals surface area contributed by atoms with Gasteiger partial charge >= 0.3 is 6.03 Å². The standard InChI is InChI=1S/C23H22BrN3O2/c24-20-12-7-14-25-22(20)29-19-13-15-27(16-19)23(28)26-21(17-8-3-1-4-9-17)18-10-5-2-6-11-18/h1-12,14,19,21H,13,15-16H2,(H,26,28). The van der Waals surface area contributed by atoms with Gasteiger partial charge in [0, 0.05) is 19.2 Å². The molecule has 6 heteroatoms. The van der Waals surface area contributed by atoms with E-state index in [1.165, 1.54) is 0 Å².